The highest BCUT2D eigenvalue weighted by Crippen LogP contribution is 2.31. The average Bonchev–Trinajstić information content (AvgIpc) is 2.78. The van der Waals surface area contributed by atoms with E-state index in [1.807, 2.05) is 0 Å². The maximum Gasteiger partial charge on any atom is 0.127 e. The van der Waals surface area contributed by atoms with Crippen molar-refractivity contribution in [1.29, 1.82) is 0 Å². The van der Waals surface area contributed by atoms with Crippen molar-refractivity contribution < 1.29 is 0 Å². The van der Waals surface area contributed by atoms with E-state index in [9.17, 15) is 0 Å². The van der Waals surface area contributed by atoms with Crippen LogP contribution < -0.4 is 5.73 Å². The van der Waals surface area contributed by atoms with E-state index in [1.165, 1.54) is 24.2 Å². The normalized spacial score (nSPS) is 19.6. The van der Waals surface area contributed by atoms with E-state index in [4.69, 9.17) is 10.7 Å². The smallest absolute Gasteiger partial charge is 0.127 e. The molecule has 1 aliphatic heterocycles. The predicted molar refractivity (Wildman–Crippen MR) is 82.8 cm³/mol. The van der Waals surface area contributed by atoms with Crippen LogP contribution in [0.1, 0.15) is 55.7 Å². The van der Waals surface area contributed by atoms with Crippen LogP contribution in [0.2, 0.25) is 0 Å². The van der Waals surface area contributed by atoms with E-state index in [2.05, 4.69) is 48.7 Å². The summed E-state index contributed by atoms with van der Waals surface area (Å²) >= 11 is 0. The van der Waals surface area contributed by atoms with Gasteiger partial charge in [0.1, 0.15) is 11.6 Å². The molecule has 0 aliphatic carbocycles. The molecule has 0 bridgehead atoms. The van der Waals surface area contributed by atoms with Gasteiger partial charge in [0.25, 0.3) is 0 Å². The number of hydrogen-bond donors (Lipinski definition) is 1. The molecular weight excluding hydrogens is 246 g/mol. The number of anilines is 1. The molecule has 20 heavy (non-hydrogen) atoms. The van der Waals surface area contributed by atoms with Gasteiger partial charge in [-0.2, -0.15) is 0 Å². The van der Waals surface area contributed by atoms with Gasteiger partial charge >= 0.3 is 0 Å². The van der Waals surface area contributed by atoms with Crippen LogP contribution in [0.3, 0.4) is 0 Å². The number of nitrogen functional groups attached to an aromatic ring is 1. The molecule has 0 amide bonds. The van der Waals surface area contributed by atoms with Gasteiger partial charge in [-0.1, -0.05) is 37.3 Å². The summed E-state index contributed by atoms with van der Waals surface area (Å²) in [5.74, 6) is 2.51. The number of nitrogens with two attached hydrogens (primary N) is 1. The van der Waals surface area contributed by atoms with Gasteiger partial charge in [-0.05, 0) is 37.7 Å². The zero-order valence-corrected chi connectivity index (χ0v) is 12.3. The molecule has 0 radical (unpaired) electrons. The van der Waals surface area contributed by atoms with Gasteiger partial charge in [0.2, 0.25) is 0 Å². The summed E-state index contributed by atoms with van der Waals surface area (Å²) in [5.41, 5.74) is 8.77. The Morgan fingerprint density at radius 3 is 2.80 bits per heavy atom. The van der Waals surface area contributed by atoms with Crippen LogP contribution in [0.15, 0.2) is 30.3 Å². The zero-order chi connectivity index (χ0) is 14.1. The Hall–Kier alpha value is -1.77. The number of hydrogen-bond acceptors (Lipinski definition) is 2. The van der Waals surface area contributed by atoms with Crippen molar-refractivity contribution in [2.75, 3.05) is 5.73 Å². The van der Waals surface area contributed by atoms with Crippen molar-refractivity contribution in [3.63, 3.8) is 0 Å². The van der Waals surface area contributed by atoms with Crippen molar-refractivity contribution in [3.05, 3.63) is 47.4 Å². The molecule has 2 unspecified atom stereocenters. The minimum atomic E-state index is 0.450. The molecule has 0 saturated heterocycles. The van der Waals surface area contributed by atoms with Crippen molar-refractivity contribution >= 4 is 5.82 Å². The molecule has 106 valence electrons. The molecule has 1 aliphatic rings. The van der Waals surface area contributed by atoms with Crippen molar-refractivity contribution in [2.45, 2.75) is 51.5 Å². The number of aromatic nitrogens is 2. The lowest BCUT2D eigenvalue weighted by Crippen LogP contribution is -2.17. The van der Waals surface area contributed by atoms with Crippen LogP contribution in [-0.4, -0.2) is 9.55 Å². The maximum atomic E-state index is 6.34. The Balaban J connectivity index is 1.85. The van der Waals surface area contributed by atoms with Crippen LogP contribution >= 0.6 is 0 Å². The van der Waals surface area contributed by atoms with E-state index in [-0.39, 0.29) is 0 Å². The lowest BCUT2D eigenvalue weighted by molar-refractivity contribution is 0.430. The number of nitrogens with zero attached hydrogens (tertiary/aromatic N) is 2. The quantitative estimate of drug-likeness (QED) is 0.923. The number of benzene rings is 1. The highest BCUT2D eigenvalue weighted by molar-refractivity contribution is 5.41. The lowest BCUT2D eigenvalue weighted by Gasteiger charge is -2.22. The first-order valence-corrected chi connectivity index (χ1v) is 7.57. The lowest BCUT2D eigenvalue weighted by atomic mass is 9.96. The molecule has 1 aromatic carbocycles. The maximum absolute atomic E-state index is 6.34. The summed E-state index contributed by atoms with van der Waals surface area (Å²) in [6.45, 7) is 4.49. The van der Waals surface area contributed by atoms with Crippen LogP contribution in [0.4, 0.5) is 5.82 Å². The summed E-state index contributed by atoms with van der Waals surface area (Å²) in [4.78, 5) is 4.80. The van der Waals surface area contributed by atoms with Gasteiger partial charge in [0, 0.05) is 12.5 Å². The Kier molecular flexibility index (Phi) is 3.51. The minimum Gasteiger partial charge on any atom is -0.384 e. The van der Waals surface area contributed by atoms with Crippen LogP contribution in [0.5, 0.6) is 0 Å². The van der Waals surface area contributed by atoms with Gasteiger partial charge in [0.15, 0.2) is 0 Å². The Morgan fingerprint density at radius 1 is 1.35 bits per heavy atom. The van der Waals surface area contributed by atoms with E-state index >= 15 is 0 Å². The number of imidazole rings is 1. The number of aryl methyl sites for hydroxylation is 1. The fourth-order valence-electron chi connectivity index (χ4n) is 3.24. The average molecular weight is 269 g/mol. The molecule has 2 N–H and O–H groups in total. The SMILES string of the molecule is CC(Cc1nc2n(c1N)C(C)CCC2)c1ccccc1. The fraction of sp³-hybridized carbons (Fsp3) is 0.471. The zero-order valence-electron chi connectivity index (χ0n) is 12.3. The fourth-order valence-corrected chi connectivity index (χ4v) is 3.24. The molecule has 0 saturated carbocycles. The van der Waals surface area contributed by atoms with Crippen LogP contribution in [0.25, 0.3) is 0 Å². The molecule has 2 heterocycles. The monoisotopic (exact) mass is 269 g/mol. The predicted octanol–water partition coefficient (Wildman–Crippen LogP) is 3.71. The largest absolute Gasteiger partial charge is 0.384 e. The van der Waals surface area contributed by atoms with E-state index in [0.29, 0.717) is 12.0 Å². The second kappa shape index (κ2) is 5.31. The van der Waals surface area contributed by atoms with Crippen molar-refractivity contribution in [2.24, 2.45) is 0 Å². The highest BCUT2D eigenvalue weighted by Gasteiger charge is 2.23. The standard InChI is InChI=1S/C17H23N3/c1-12(14-8-4-3-5-9-14)11-15-17(18)20-13(2)7-6-10-16(20)19-15/h3-5,8-9,12-13H,6-7,10-11,18H2,1-2H3. The molecule has 1 aromatic heterocycles. The third-order valence-corrected chi connectivity index (χ3v) is 4.43. The van der Waals surface area contributed by atoms with Crippen LogP contribution in [0, 0.1) is 0 Å². The summed E-state index contributed by atoms with van der Waals surface area (Å²) in [5, 5.41) is 0. The molecule has 2 atom stereocenters. The van der Waals surface area contributed by atoms with Gasteiger partial charge in [-0.3, -0.25) is 0 Å². The molecule has 2 aromatic rings. The van der Waals surface area contributed by atoms with E-state index < -0.39 is 0 Å². The molecular formula is C17H23N3. The second-order valence-electron chi connectivity index (χ2n) is 5.99. The first-order valence-electron chi connectivity index (χ1n) is 7.57. The van der Waals surface area contributed by atoms with Crippen molar-refractivity contribution in [1.82, 2.24) is 9.55 Å². The molecule has 0 spiro atoms. The third-order valence-electron chi connectivity index (χ3n) is 4.43. The summed E-state index contributed by atoms with van der Waals surface area (Å²) < 4.78 is 2.25. The Labute approximate surface area is 120 Å². The number of rotatable bonds is 3. The second-order valence-corrected chi connectivity index (χ2v) is 5.99. The minimum absolute atomic E-state index is 0.450. The molecule has 3 rings (SSSR count). The Bertz CT molecular complexity index is 586. The van der Waals surface area contributed by atoms with Gasteiger partial charge in [0.05, 0.1) is 5.69 Å². The molecule has 3 heteroatoms. The topological polar surface area (TPSA) is 43.8 Å². The van der Waals surface area contributed by atoms with Gasteiger partial charge < -0.3 is 10.3 Å². The number of fused-ring (bicyclic) bond motifs is 1. The Morgan fingerprint density at radius 2 is 2.10 bits per heavy atom. The van der Waals surface area contributed by atoms with Crippen molar-refractivity contribution in [3.8, 4) is 0 Å². The molecule has 3 nitrogen and oxygen atoms in total. The van der Waals surface area contributed by atoms with Crippen LogP contribution in [-0.2, 0) is 12.8 Å². The third kappa shape index (κ3) is 2.33. The first kappa shape index (κ1) is 13.2. The van der Waals surface area contributed by atoms with Gasteiger partial charge in [-0.15, -0.1) is 0 Å². The highest BCUT2D eigenvalue weighted by atomic mass is 15.2. The first-order chi connectivity index (χ1) is 9.66. The van der Waals surface area contributed by atoms with Gasteiger partial charge in [-0.25, -0.2) is 4.98 Å². The van der Waals surface area contributed by atoms with E-state index in [1.54, 1.807) is 0 Å². The molecule has 0 fully saturated rings. The van der Waals surface area contributed by atoms with E-state index in [0.717, 1.165) is 24.4 Å². The summed E-state index contributed by atoms with van der Waals surface area (Å²) in [6, 6.07) is 11.1. The summed E-state index contributed by atoms with van der Waals surface area (Å²) in [7, 11) is 0. The summed E-state index contributed by atoms with van der Waals surface area (Å²) in [6.07, 6.45) is 4.42.